The molecule has 1 aromatic carbocycles. The number of carbonyl (C=O) groups excluding carboxylic acids is 1. The summed E-state index contributed by atoms with van der Waals surface area (Å²) in [6.07, 6.45) is 1.74. The predicted octanol–water partition coefficient (Wildman–Crippen LogP) is 4.39. The molecule has 3 aliphatic rings. The molecule has 0 saturated heterocycles. The number of anilines is 1. The summed E-state index contributed by atoms with van der Waals surface area (Å²) in [6.45, 7) is 1.68. The van der Waals surface area contributed by atoms with Gasteiger partial charge in [-0.2, -0.15) is 18.3 Å². The van der Waals surface area contributed by atoms with Crippen LogP contribution in [0.5, 0.6) is 5.88 Å². The second kappa shape index (κ2) is 8.81. The van der Waals surface area contributed by atoms with E-state index < -0.39 is 40.4 Å². The molecule has 2 aromatic rings. The van der Waals surface area contributed by atoms with Crippen LogP contribution in [0, 0.1) is 11.8 Å². The molecule has 190 valence electrons. The van der Waals surface area contributed by atoms with Crippen LogP contribution in [0.2, 0.25) is 0 Å². The standard InChI is InChI=1S/C23H28F3N5O3S/c1-13(9-23(24,25)26)16-11-31-21(34-12-16)19(10-28-31)35(27,33)30-22(32)29-20-17-6-2-4-14(17)8-15-5-3-7-18(15)20/h8,10,13,16H,2-7,9,11-12H2,1H3,(H3,27,29,30,32,33)/t13?,16-,35+/m0/s1. The van der Waals surface area contributed by atoms with E-state index in [0.717, 1.165) is 55.3 Å². The smallest absolute Gasteiger partial charge is 0.389 e. The Hall–Kier alpha value is -2.60. The summed E-state index contributed by atoms with van der Waals surface area (Å²) in [6, 6.07) is 1.43. The molecule has 35 heavy (non-hydrogen) atoms. The fraction of sp³-hybridized carbons (Fsp3) is 0.565. The first-order valence-corrected chi connectivity index (χ1v) is 13.4. The number of benzene rings is 1. The van der Waals surface area contributed by atoms with E-state index in [4.69, 9.17) is 9.88 Å². The monoisotopic (exact) mass is 511 g/mol. The van der Waals surface area contributed by atoms with Crippen molar-refractivity contribution in [2.45, 2.75) is 69.5 Å². The van der Waals surface area contributed by atoms with Crippen molar-refractivity contribution in [2.24, 2.45) is 21.3 Å². The highest BCUT2D eigenvalue weighted by atomic mass is 32.2. The Morgan fingerprint density at radius 2 is 1.94 bits per heavy atom. The molecule has 0 spiro atoms. The number of fused-ring (bicyclic) bond motifs is 3. The molecule has 0 bridgehead atoms. The van der Waals surface area contributed by atoms with Gasteiger partial charge in [-0.3, -0.25) is 0 Å². The number of urea groups is 1. The van der Waals surface area contributed by atoms with Gasteiger partial charge in [-0.15, -0.1) is 4.36 Å². The number of ether oxygens (including phenoxy) is 1. The number of aryl methyl sites for hydroxylation is 2. The topological polar surface area (TPSA) is 112 Å². The summed E-state index contributed by atoms with van der Waals surface area (Å²) in [5.74, 6) is -1.03. The summed E-state index contributed by atoms with van der Waals surface area (Å²) >= 11 is 0. The SMILES string of the molecule is CC(CC(F)(F)F)[C@@H]1COc2c([S@](N)(=O)=NC(=O)Nc3c4c(cc5c3CCC5)CCC4)cnn2C1. The lowest BCUT2D eigenvalue weighted by Crippen LogP contribution is -2.33. The fourth-order valence-electron chi connectivity index (χ4n) is 5.44. The Morgan fingerprint density at radius 3 is 2.57 bits per heavy atom. The molecule has 0 saturated carbocycles. The van der Waals surface area contributed by atoms with Crippen LogP contribution >= 0.6 is 0 Å². The number of aromatic nitrogens is 2. The van der Waals surface area contributed by atoms with Crippen LogP contribution in [0.25, 0.3) is 0 Å². The van der Waals surface area contributed by atoms with Gasteiger partial charge < -0.3 is 10.1 Å². The maximum absolute atomic E-state index is 13.3. The molecule has 0 fully saturated rings. The largest absolute Gasteiger partial charge is 0.477 e. The van der Waals surface area contributed by atoms with Crippen molar-refractivity contribution >= 4 is 21.6 Å². The number of amides is 2. The molecule has 5 rings (SSSR count). The maximum atomic E-state index is 13.3. The minimum Gasteiger partial charge on any atom is -0.477 e. The highest BCUT2D eigenvalue weighted by molar-refractivity contribution is 7.91. The van der Waals surface area contributed by atoms with Gasteiger partial charge in [0.15, 0.2) is 9.92 Å². The summed E-state index contributed by atoms with van der Waals surface area (Å²) < 4.78 is 62.3. The van der Waals surface area contributed by atoms with Gasteiger partial charge in [0.25, 0.3) is 0 Å². The van der Waals surface area contributed by atoms with Crippen LogP contribution in [0.3, 0.4) is 0 Å². The van der Waals surface area contributed by atoms with Gasteiger partial charge in [0.2, 0.25) is 5.88 Å². The molecule has 2 amide bonds. The van der Waals surface area contributed by atoms with Crippen molar-refractivity contribution in [3.05, 3.63) is 34.5 Å². The van der Waals surface area contributed by atoms with Gasteiger partial charge in [0.05, 0.1) is 19.3 Å². The van der Waals surface area contributed by atoms with Gasteiger partial charge in [-0.05, 0) is 66.7 Å². The van der Waals surface area contributed by atoms with Gasteiger partial charge in [-0.1, -0.05) is 13.0 Å². The Balaban J connectivity index is 1.37. The zero-order valence-corrected chi connectivity index (χ0v) is 20.2. The molecular weight excluding hydrogens is 483 g/mol. The summed E-state index contributed by atoms with van der Waals surface area (Å²) in [7, 11) is -3.70. The predicted molar refractivity (Wildman–Crippen MR) is 124 cm³/mol. The van der Waals surface area contributed by atoms with Crippen molar-refractivity contribution in [1.82, 2.24) is 9.78 Å². The molecule has 12 heteroatoms. The van der Waals surface area contributed by atoms with Gasteiger partial charge in [0.1, 0.15) is 4.90 Å². The Kier molecular flexibility index (Phi) is 6.07. The maximum Gasteiger partial charge on any atom is 0.389 e. The van der Waals surface area contributed by atoms with Crippen molar-refractivity contribution in [3.8, 4) is 5.88 Å². The average Bonchev–Trinajstić information content (AvgIpc) is 3.50. The van der Waals surface area contributed by atoms with Gasteiger partial charge in [-0.25, -0.2) is 18.8 Å². The number of rotatable bonds is 4. The number of hydrogen-bond acceptors (Lipinski definition) is 4. The number of halogens is 3. The molecule has 2 heterocycles. The molecular formula is C23H28F3N5O3S. The van der Waals surface area contributed by atoms with E-state index in [9.17, 15) is 22.2 Å². The highest BCUT2D eigenvalue weighted by Gasteiger charge is 2.36. The molecule has 1 aromatic heterocycles. The van der Waals surface area contributed by atoms with E-state index in [0.29, 0.717) is 0 Å². The lowest BCUT2D eigenvalue weighted by atomic mass is 9.91. The van der Waals surface area contributed by atoms with Crippen LogP contribution in [-0.2, 0) is 42.1 Å². The Labute approximate surface area is 201 Å². The number of carbonyl (C=O) groups is 1. The molecule has 3 N–H and O–H groups in total. The summed E-state index contributed by atoms with van der Waals surface area (Å²) in [5.41, 5.74) is 5.47. The Bertz CT molecular complexity index is 1260. The van der Waals surface area contributed by atoms with E-state index in [1.807, 2.05) is 0 Å². The zero-order chi connectivity index (χ0) is 25.0. The van der Waals surface area contributed by atoms with Crippen molar-refractivity contribution < 1.29 is 26.9 Å². The molecule has 0 radical (unpaired) electrons. The second-order valence-electron chi connectivity index (χ2n) is 9.69. The second-order valence-corrected chi connectivity index (χ2v) is 11.4. The van der Waals surface area contributed by atoms with E-state index in [1.165, 1.54) is 28.9 Å². The molecule has 8 nitrogen and oxygen atoms in total. The number of nitrogens with two attached hydrogens (primary N) is 1. The third kappa shape index (κ3) is 4.77. The number of nitrogens with zero attached hydrogens (tertiary/aromatic N) is 3. The van der Waals surface area contributed by atoms with Crippen molar-refractivity contribution in [3.63, 3.8) is 0 Å². The van der Waals surface area contributed by atoms with E-state index in [2.05, 4.69) is 20.8 Å². The molecule has 2 aliphatic carbocycles. The van der Waals surface area contributed by atoms with E-state index >= 15 is 0 Å². The van der Waals surface area contributed by atoms with E-state index in [-0.39, 0.29) is 23.9 Å². The molecule has 1 unspecified atom stereocenters. The normalized spacial score (nSPS) is 21.3. The fourth-order valence-corrected chi connectivity index (χ4v) is 6.44. The highest BCUT2D eigenvalue weighted by Crippen LogP contribution is 2.39. The first kappa shape index (κ1) is 24.1. The third-order valence-corrected chi connectivity index (χ3v) is 8.55. The van der Waals surface area contributed by atoms with Crippen molar-refractivity contribution in [1.29, 1.82) is 0 Å². The third-order valence-electron chi connectivity index (χ3n) is 7.20. The van der Waals surface area contributed by atoms with Crippen LogP contribution in [0.1, 0.15) is 48.4 Å². The lowest BCUT2D eigenvalue weighted by Gasteiger charge is -2.29. The van der Waals surface area contributed by atoms with Crippen LogP contribution < -0.4 is 15.2 Å². The van der Waals surface area contributed by atoms with Gasteiger partial charge in [0, 0.05) is 18.0 Å². The quantitative estimate of drug-likeness (QED) is 0.634. The Morgan fingerprint density at radius 1 is 1.29 bits per heavy atom. The lowest BCUT2D eigenvalue weighted by molar-refractivity contribution is -0.149. The zero-order valence-electron chi connectivity index (χ0n) is 19.4. The average molecular weight is 512 g/mol. The first-order valence-electron chi connectivity index (χ1n) is 11.8. The summed E-state index contributed by atoms with van der Waals surface area (Å²) in [4.78, 5) is 12.8. The van der Waals surface area contributed by atoms with Crippen LogP contribution in [0.15, 0.2) is 21.5 Å². The minimum atomic E-state index is -4.27. The molecule has 1 aliphatic heterocycles. The number of alkyl halides is 3. The number of hydrogen-bond donors (Lipinski definition) is 2. The van der Waals surface area contributed by atoms with Crippen LogP contribution in [-0.4, -0.2) is 32.8 Å². The van der Waals surface area contributed by atoms with Gasteiger partial charge >= 0.3 is 12.2 Å². The molecule has 3 atom stereocenters. The van der Waals surface area contributed by atoms with E-state index in [1.54, 1.807) is 0 Å². The summed E-state index contributed by atoms with van der Waals surface area (Å²) in [5, 5.41) is 12.9. The van der Waals surface area contributed by atoms with Crippen molar-refractivity contribution in [2.75, 3.05) is 11.9 Å². The first-order chi connectivity index (χ1) is 16.5. The number of nitrogens with one attached hydrogen (secondary N) is 1. The van der Waals surface area contributed by atoms with Crippen LogP contribution in [0.4, 0.5) is 23.7 Å². The minimum absolute atomic E-state index is 0.0000541.